The first-order valence-electron chi connectivity index (χ1n) is 9.20. The van der Waals surface area contributed by atoms with E-state index >= 15 is 0 Å². The number of carboxylic acids is 2. The Morgan fingerprint density at radius 3 is 2.14 bits per heavy atom. The van der Waals surface area contributed by atoms with E-state index in [1.54, 1.807) is 0 Å². The number of carboxylic acid groups (broad SMARTS) is 2. The Kier molecular flexibility index (Phi) is 7.90. The van der Waals surface area contributed by atoms with Crippen LogP contribution in [0.5, 0.6) is 0 Å². The van der Waals surface area contributed by atoms with E-state index in [2.05, 4.69) is 5.32 Å². The number of nitrogens with zero attached hydrogens (tertiary/aromatic N) is 1. The van der Waals surface area contributed by atoms with E-state index in [0.717, 1.165) is 54.4 Å². The van der Waals surface area contributed by atoms with E-state index in [1.807, 2.05) is 0 Å². The van der Waals surface area contributed by atoms with E-state index in [0.29, 0.717) is 19.3 Å². The molecular formula is C18H25FN2O6S. The summed E-state index contributed by atoms with van der Waals surface area (Å²) in [7, 11) is -3.89. The van der Waals surface area contributed by atoms with Crippen molar-refractivity contribution >= 4 is 22.0 Å². The van der Waals surface area contributed by atoms with Gasteiger partial charge < -0.3 is 15.5 Å². The van der Waals surface area contributed by atoms with Gasteiger partial charge in [-0.1, -0.05) is 6.42 Å². The second kappa shape index (κ2) is 9.94. The number of halogens is 1. The average Bonchev–Trinajstić information content (AvgIpc) is 2.69. The fourth-order valence-electron chi connectivity index (χ4n) is 3.24. The van der Waals surface area contributed by atoms with Gasteiger partial charge in [-0.15, -0.1) is 0 Å². The summed E-state index contributed by atoms with van der Waals surface area (Å²) in [6.45, 7) is 1.04. The van der Waals surface area contributed by atoms with Gasteiger partial charge in [-0.25, -0.2) is 12.8 Å². The number of aliphatic carboxylic acids is 2. The molecule has 156 valence electrons. The second-order valence-corrected chi connectivity index (χ2v) is 8.65. The molecule has 2 aliphatic rings. The Morgan fingerprint density at radius 1 is 1.00 bits per heavy atom. The predicted octanol–water partition coefficient (Wildman–Crippen LogP) is 1.67. The van der Waals surface area contributed by atoms with Gasteiger partial charge in [0, 0.05) is 6.54 Å². The van der Waals surface area contributed by atoms with Crippen LogP contribution in [0.1, 0.15) is 38.5 Å². The molecule has 0 aliphatic carbocycles. The van der Waals surface area contributed by atoms with Crippen LogP contribution in [0.15, 0.2) is 29.2 Å². The smallest absolute Gasteiger partial charge is 0.322 e. The number of nitrogens with one attached hydrogen (secondary N) is 1. The van der Waals surface area contributed by atoms with Crippen LogP contribution in [0, 0.1) is 5.82 Å². The van der Waals surface area contributed by atoms with Gasteiger partial charge in [-0.3, -0.25) is 9.59 Å². The molecular weight excluding hydrogens is 391 g/mol. The highest BCUT2D eigenvalue weighted by molar-refractivity contribution is 7.89. The summed E-state index contributed by atoms with van der Waals surface area (Å²) in [5, 5.41) is 20.5. The zero-order valence-electron chi connectivity index (χ0n) is 15.4. The summed E-state index contributed by atoms with van der Waals surface area (Å²) in [6.07, 6.45) is 4.56. The molecule has 0 unspecified atom stereocenters. The number of rotatable bonds is 4. The Bertz CT molecular complexity index is 778. The SMILES string of the molecule is O=C(O)[C@@H]1CCCCN1.O=C(O)[C@@H]1CCCCN1S(=O)(=O)c1ccc(F)cc1. The number of piperidine rings is 2. The highest BCUT2D eigenvalue weighted by Gasteiger charge is 2.37. The third-order valence-corrected chi connectivity index (χ3v) is 6.69. The third kappa shape index (κ3) is 5.73. The lowest BCUT2D eigenvalue weighted by atomic mass is 10.1. The van der Waals surface area contributed by atoms with Crippen molar-refractivity contribution < 1.29 is 32.6 Å². The van der Waals surface area contributed by atoms with Gasteiger partial charge in [-0.2, -0.15) is 4.31 Å². The van der Waals surface area contributed by atoms with E-state index < -0.39 is 33.8 Å². The van der Waals surface area contributed by atoms with Crippen molar-refractivity contribution in [1.29, 1.82) is 0 Å². The molecule has 0 amide bonds. The summed E-state index contributed by atoms with van der Waals surface area (Å²) in [6, 6.07) is 3.08. The molecule has 2 saturated heterocycles. The van der Waals surface area contributed by atoms with Crippen molar-refractivity contribution in [2.45, 2.75) is 55.5 Å². The fourth-order valence-corrected chi connectivity index (χ4v) is 4.89. The maximum atomic E-state index is 12.8. The molecule has 3 rings (SSSR count). The molecule has 10 heteroatoms. The van der Waals surface area contributed by atoms with Crippen LogP contribution >= 0.6 is 0 Å². The second-order valence-electron chi connectivity index (χ2n) is 6.76. The van der Waals surface area contributed by atoms with Gasteiger partial charge in [0.05, 0.1) is 4.90 Å². The van der Waals surface area contributed by atoms with Crippen molar-refractivity contribution in [3.63, 3.8) is 0 Å². The normalized spacial score (nSPS) is 23.3. The van der Waals surface area contributed by atoms with Gasteiger partial charge in [-0.05, 0) is 62.9 Å². The molecule has 1 aromatic rings. The molecule has 0 aromatic heterocycles. The molecule has 0 radical (unpaired) electrons. The van der Waals surface area contributed by atoms with Crippen molar-refractivity contribution in [3.8, 4) is 0 Å². The Labute approximate surface area is 163 Å². The van der Waals surface area contributed by atoms with Crippen molar-refractivity contribution in [1.82, 2.24) is 9.62 Å². The summed E-state index contributed by atoms with van der Waals surface area (Å²) in [4.78, 5) is 21.3. The first kappa shape index (κ1) is 22.3. The average molecular weight is 416 g/mol. The summed E-state index contributed by atoms with van der Waals surface area (Å²) >= 11 is 0. The first-order chi connectivity index (χ1) is 13.2. The predicted molar refractivity (Wildman–Crippen MR) is 98.8 cm³/mol. The monoisotopic (exact) mass is 416 g/mol. The molecule has 2 heterocycles. The Hall–Kier alpha value is -2.04. The Balaban J connectivity index is 0.000000261. The molecule has 3 N–H and O–H groups in total. The highest BCUT2D eigenvalue weighted by Crippen LogP contribution is 2.25. The Morgan fingerprint density at radius 2 is 1.64 bits per heavy atom. The standard InChI is InChI=1S/C12H14FNO4S.C6H11NO2/c13-9-4-6-10(7-5-9)19(17,18)14-8-2-1-3-11(14)12(15)16;8-6(9)5-3-1-2-4-7-5/h4-7,11H,1-3,8H2,(H,15,16);5,7H,1-4H2,(H,8,9)/t11-;5-/m00/s1. The van der Waals surface area contributed by atoms with Crippen LogP contribution in [-0.2, 0) is 19.6 Å². The molecule has 0 bridgehead atoms. The van der Waals surface area contributed by atoms with Crippen LogP contribution in [0.4, 0.5) is 4.39 Å². The van der Waals surface area contributed by atoms with Crippen LogP contribution in [0.3, 0.4) is 0 Å². The third-order valence-electron chi connectivity index (χ3n) is 4.77. The largest absolute Gasteiger partial charge is 0.480 e. The van der Waals surface area contributed by atoms with Crippen LogP contribution < -0.4 is 5.32 Å². The zero-order chi connectivity index (χ0) is 20.7. The van der Waals surface area contributed by atoms with E-state index in [-0.39, 0.29) is 17.5 Å². The molecule has 0 saturated carbocycles. The van der Waals surface area contributed by atoms with Crippen LogP contribution in [-0.4, -0.2) is 60.0 Å². The van der Waals surface area contributed by atoms with Crippen LogP contribution in [0.2, 0.25) is 0 Å². The van der Waals surface area contributed by atoms with Crippen LogP contribution in [0.25, 0.3) is 0 Å². The molecule has 2 fully saturated rings. The number of hydrogen-bond donors (Lipinski definition) is 3. The summed E-state index contributed by atoms with van der Waals surface area (Å²) in [5.41, 5.74) is 0. The number of carbonyl (C=O) groups is 2. The molecule has 1 aromatic carbocycles. The lowest BCUT2D eigenvalue weighted by Gasteiger charge is -2.31. The lowest BCUT2D eigenvalue weighted by Crippen LogP contribution is -2.47. The molecule has 2 aliphatic heterocycles. The number of benzene rings is 1. The van der Waals surface area contributed by atoms with E-state index in [9.17, 15) is 22.4 Å². The lowest BCUT2D eigenvalue weighted by molar-refractivity contribution is -0.142. The topological polar surface area (TPSA) is 124 Å². The van der Waals surface area contributed by atoms with Crippen molar-refractivity contribution in [3.05, 3.63) is 30.1 Å². The van der Waals surface area contributed by atoms with Gasteiger partial charge in [0.2, 0.25) is 10.0 Å². The van der Waals surface area contributed by atoms with Gasteiger partial charge in [0.15, 0.2) is 0 Å². The molecule has 8 nitrogen and oxygen atoms in total. The number of sulfonamides is 1. The van der Waals surface area contributed by atoms with Crippen molar-refractivity contribution in [2.75, 3.05) is 13.1 Å². The fraction of sp³-hybridized carbons (Fsp3) is 0.556. The van der Waals surface area contributed by atoms with Gasteiger partial charge in [0.1, 0.15) is 17.9 Å². The maximum Gasteiger partial charge on any atom is 0.322 e. The maximum absolute atomic E-state index is 12.8. The van der Waals surface area contributed by atoms with Gasteiger partial charge in [0.25, 0.3) is 0 Å². The quantitative estimate of drug-likeness (QED) is 0.682. The van der Waals surface area contributed by atoms with Gasteiger partial charge >= 0.3 is 11.9 Å². The summed E-state index contributed by atoms with van der Waals surface area (Å²) in [5.74, 6) is -2.40. The van der Waals surface area contributed by atoms with E-state index in [4.69, 9.17) is 10.2 Å². The summed E-state index contributed by atoms with van der Waals surface area (Å²) < 4.78 is 38.5. The van der Waals surface area contributed by atoms with E-state index in [1.165, 1.54) is 0 Å². The molecule has 0 spiro atoms. The number of hydrogen-bond acceptors (Lipinski definition) is 5. The zero-order valence-corrected chi connectivity index (χ0v) is 16.2. The van der Waals surface area contributed by atoms with Crippen molar-refractivity contribution in [2.24, 2.45) is 0 Å². The minimum absolute atomic E-state index is 0.0814. The molecule has 28 heavy (non-hydrogen) atoms. The highest BCUT2D eigenvalue weighted by atomic mass is 32.2. The minimum Gasteiger partial charge on any atom is -0.480 e. The first-order valence-corrected chi connectivity index (χ1v) is 10.6. The molecule has 2 atom stereocenters. The minimum atomic E-state index is -3.89.